The van der Waals surface area contributed by atoms with Crippen molar-refractivity contribution in [3.8, 4) is 5.75 Å². The highest BCUT2D eigenvalue weighted by Gasteiger charge is 2.13. The van der Waals surface area contributed by atoms with E-state index >= 15 is 0 Å². The third kappa shape index (κ3) is 3.11. The van der Waals surface area contributed by atoms with Crippen LogP contribution in [0.2, 0.25) is 0 Å². The molecule has 0 aliphatic heterocycles. The summed E-state index contributed by atoms with van der Waals surface area (Å²) in [5, 5.41) is 33.7. The highest BCUT2D eigenvalue weighted by atomic mass is 79.9. The van der Waals surface area contributed by atoms with Gasteiger partial charge in [-0.25, -0.2) is 5.43 Å². The second-order valence-corrected chi connectivity index (χ2v) is 6.81. The number of rotatable bonds is 4. The Morgan fingerprint density at radius 2 is 2.11 bits per heavy atom. The van der Waals surface area contributed by atoms with Gasteiger partial charge in [-0.1, -0.05) is 15.9 Å². The second-order valence-electron chi connectivity index (χ2n) is 5.90. The summed E-state index contributed by atoms with van der Waals surface area (Å²) in [7, 11) is 1.88. The van der Waals surface area contributed by atoms with Gasteiger partial charge < -0.3 is 9.67 Å². The minimum absolute atomic E-state index is 0.134. The Kier molecular flexibility index (Phi) is 4.35. The van der Waals surface area contributed by atoms with E-state index < -0.39 is 4.92 Å². The van der Waals surface area contributed by atoms with Crippen molar-refractivity contribution >= 4 is 55.8 Å². The summed E-state index contributed by atoms with van der Waals surface area (Å²) in [4.78, 5) is 14.7. The second kappa shape index (κ2) is 6.85. The first-order chi connectivity index (χ1) is 13.4. The Balaban J connectivity index is 1.65. The molecule has 2 aromatic heterocycles. The van der Waals surface area contributed by atoms with Gasteiger partial charge in [-0.05, 0) is 24.3 Å². The number of nitrogens with zero attached hydrogens (tertiary/aromatic N) is 6. The van der Waals surface area contributed by atoms with E-state index in [-0.39, 0.29) is 22.9 Å². The Morgan fingerprint density at radius 3 is 2.89 bits per heavy atom. The molecular formula is C17H12BrN7O3. The maximum Gasteiger partial charge on any atom is 0.270 e. The van der Waals surface area contributed by atoms with E-state index in [4.69, 9.17) is 0 Å². The van der Waals surface area contributed by atoms with Crippen molar-refractivity contribution in [1.82, 2.24) is 19.7 Å². The average Bonchev–Trinajstić information content (AvgIpc) is 2.94. The molecule has 0 aliphatic rings. The fourth-order valence-electron chi connectivity index (χ4n) is 2.80. The van der Waals surface area contributed by atoms with Crippen molar-refractivity contribution in [3.63, 3.8) is 0 Å². The largest absolute Gasteiger partial charge is 0.507 e. The van der Waals surface area contributed by atoms with Crippen LogP contribution in [0, 0.1) is 10.1 Å². The number of nitrogens with one attached hydrogen (secondary N) is 1. The number of nitro benzene ring substituents is 1. The van der Waals surface area contributed by atoms with Gasteiger partial charge in [-0.3, -0.25) is 10.1 Å². The summed E-state index contributed by atoms with van der Waals surface area (Å²) in [5.74, 6) is 0.0172. The topological polar surface area (TPSA) is 131 Å². The first-order valence-corrected chi connectivity index (χ1v) is 8.78. The number of aryl methyl sites for hydroxylation is 1. The SMILES string of the molecule is Cn1c2ccc(Br)cc2c2nnc(N/N=C/c3cc([N+](=O)[O-])ccc3O)nc21. The molecule has 0 amide bonds. The normalized spacial score (nSPS) is 11.5. The molecule has 0 spiro atoms. The summed E-state index contributed by atoms with van der Waals surface area (Å²) in [6.07, 6.45) is 1.24. The maximum absolute atomic E-state index is 10.8. The number of nitro groups is 1. The van der Waals surface area contributed by atoms with Crippen molar-refractivity contribution in [2.24, 2.45) is 12.1 Å². The van der Waals surface area contributed by atoms with Gasteiger partial charge in [-0.15, -0.1) is 10.2 Å². The molecule has 0 atom stereocenters. The number of aromatic hydroxyl groups is 1. The van der Waals surface area contributed by atoms with Crippen LogP contribution in [0.4, 0.5) is 11.6 Å². The highest BCUT2D eigenvalue weighted by Crippen LogP contribution is 2.28. The maximum atomic E-state index is 10.8. The lowest BCUT2D eigenvalue weighted by molar-refractivity contribution is -0.384. The molecule has 0 radical (unpaired) electrons. The Hall–Kier alpha value is -3.60. The molecule has 0 saturated heterocycles. The third-order valence-corrected chi connectivity index (χ3v) is 4.64. The van der Waals surface area contributed by atoms with Crippen LogP contribution in [-0.4, -0.2) is 36.0 Å². The summed E-state index contributed by atoms with van der Waals surface area (Å²) in [6, 6.07) is 9.49. The van der Waals surface area contributed by atoms with Gasteiger partial charge in [0.25, 0.3) is 11.6 Å². The molecule has 4 aromatic rings. The Labute approximate surface area is 165 Å². The van der Waals surface area contributed by atoms with Gasteiger partial charge in [0.1, 0.15) is 11.3 Å². The predicted molar refractivity (Wildman–Crippen MR) is 107 cm³/mol. The van der Waals surface area contributed by atoms with Crippen LogP contribution in [0.15, 0.2) is 46.0 Å². The van der Waals surface area contributed by atoms with E-state index in [1.54, 1.807) is 0 Å². The van der Waals surface area contributed by atoms with Crippen molar-refractivity contribution in [2.45, 2.75) is 0 Å². The van der Waals surface area contributed by atoms with Crippen molar-refractivity contribution in [3.05, 3.63) is 56.5 Å². The van der Waals surface area contributed by atoms with Gasteiger partial charge in [0, 0.05) is 34.6 Å². The number of phenolic OH excluding ortho intramolecular Hbond substituents is 1. The molecule has 0 unspecified atom stereocenters. The van der Waals surface area contributed by atoms with Gasteiger partial charge in [0.05, 0.1) is 16.7 Å². The van der Waals surface area contributed by atoms with E-state index in [2.05, 4.69) is 41.6 Å². The van der Waals surface area contributed by atoms with Crippen LogP contribution in [-0.2, 0) is 7.05 Å². The predicted octanol–water partition coefficient (Wildman–Crippen LogP) is 3.34. The Morgan fingerprint density at radius 1 is 1.29 bits per heavy atom. The average molecular weight is 442 g/mol. The zero-order valence-electron chi connectivity index (χ0n) is 14.4. The first-order valence-electron chi connectivity index (χ1n) is 7.99. The summed E-state index contributed by atoms with van der Waals surface area (Å²) >= 11 is 3.45. The van der Waals surface area contributed by atoms with Crippen LogP contribution in [0.1, 0.15) is 5.56 Å². The van der Waals surface area contributed by atoms with Gasteiger partial charge in [0.2, 0.25) is 0 Å². The van der Waals surface area contributed by atoms with Crippen molar-refractivity contribution in [2.75, 3.05) is 5.43 Å². The van der Waals surface area contributed by atoms with E-state index in [0.29, 0.717) is 11.2 Å². The number of hydrogen-bond acceptors (Lipinski definition) is 8. The molecule has 0 bridgehead atoms. The quantitative estimate of drug-likeness (QED) is 0.282. The van der Waals surface area contributed by atoms with Crippen LogP contribution in [0.3, 0.4) is 0 Å². The first kappa shape index (κ1) is 17.8. The molecule has 0 fully saturated rings. The third-order valence-electron chi connectivity index (χ3n) is 4.15. The van der Waals surface area contributed by atoms with Crippen LogP contribution >= 0.6 is 15.9 Å². The van der Waals surface area contributed by atoms with Crippen molar-refractivity contribution in [1.29, 1.82) is 0 Å². The molecule has 10 nitrogen and oxygen atoms in total. The smallest absolute Gasteiger partial charge is 0.270 e. The van der Waals surface area contributed by atoms with Crippen molar-refractivity contribution < 1.29 is 10.0 Å². The number of non-ortho nitro benzene ring substituents is 1. The van der Waals surface area contributed by atoms with E-state index in [1.807, 2.05) is 29.8 Å². The molecule has 11 heteroatoms. The molecule has 0 aliphatic carbocycles. The zero-order chi connectivity index (χ0) is 19.8. The van der Waals surface area contributed by atoms with Gasteiger partial charge in [-0.2, -0.15) is 10.1 Å². The van der Waals surface area contributed by atoms with Crippen LogP contribution < -0.4 is 5.43 Å². The minimum atomic E-state index is -0.552. The van der Waals surface area contributed by atoms with Crippen LogP contribution in [0.25, 0.3) is 22.1 Å². The number of fused-ring (bicyclic) bond motifs is 3. The summed E-state index contributed by atoms with van der Waals surface area (Å²) in [5.41, 5.74) is 4.90. The number of hydrazone groups is 1. The molecule has 140 valence electrons. The van der Waals surface area contributed by atoms with Crippen LogP contribution in [0.5, 0.6) is 5.75 Å². The molecule has 2 aromatic carbocycles. The summed E-state index contributed by atoms with van der Waals surface area (Å²) < 4.78 is 2.82. The van der Waals surface area contributed by atoms with Gasteiger partial charge >= 0.3 is 0 Å². The molecule has 2 heterocycles. The number of anilines is 1. The van der Waals surface area contributed by atoms with E-state index in [1.165, 1.54) is 24.4 Å². The number of halogens is 1. The molecule has 2 N–H and O–H groups in total. The van der Waals surface area contributed by atoms with Gasteiger partial charge in [0.15, 0.2) is 5.65 Å². The Bertz CT molecular complexity index is 1270. The van der Waals surface area contributed by atoms with E-state index in [9.17, 15) is 15.2 Å². The summed E-state index contributed by atoms with van der Waals surface area (Å²) in [6.45, 7) is 0. The fraction of sp³-hybridized carbons (Fsp3) is 0.0588. The lowest BCUT2D eigenvalue weighted by atomic mass is 10.2. The number of aromatic nitrogens is 4. The molecule has 28 heavy (non-hydrogen) atoms. The van der Waals surface area contributed by atoms with E-state index in [0.717, 1.165) is 15.4 Å². The molecule has 4 rings (SSSR count). The fourth-order valence-corrected chi connectivity index (χ4v) is 3.16. The lowest BCUT2D eigenvalue weighted by Gasteiger charge is -2.00. The number of benzene rings is 2. The molecular weight excluding hydrogens is 430 g/mol. The zero-order valence-corrected chi connectivity index (χ0v) is 16.0. The monoisotopic (exact) mass is 441 g/mol. The molecule has 0 saturated carbocycles. The number of hydrogen-bond donors (Lipinski definition) is 2. The number of phenols is 1. The minimum Gasteiger partial charge on any atom is -0.507 e. The lowest BCUT2D eigenvalue weighted by Crippen LogP contribution is -2.01. The highest BCUT2D eigenvalue weighted by molar-refractivity contribution is 9.10. The standard InChI is InChI=1S/C17H12BrN7O3/c1-24-13-4-2-10(18)7-12(13)15-16(24)20-17(23-21-15)22-19-8-9-6-11(25(27)28)3-5-14(9)26/h2-8,26H,1H3,(H,20,22,23)/b19-8+.